The topological polar surface area (TPSA) is 72.5 Å². The number of carbonyl (C=O) groups is 1. The van der Waals surface area contributed by atoms with Crippen LogP contribution in [-0.4, -0.2) is 30.8 Å². The average Bonchev–Trinajstić information content (AvgIpc) is 1.85. The van der Waals surface area contributed by atoms with Crippen LogP contribution in [0.5, 0.6) is 0 Å². The van der Waals surface area contributed by atoms with Crippen LogP contribution in [0.15, 0.2) is 0 Å². The Labute approximate surface area is 84.9 Å². The van der Waals surface area contributed by atoms with Crippen LogP contribution in [0.2, 0.25) is 0 Å². The molecule has 5 heteroatoms. The monoisotopic (exact) mass is 211 g/mol. The molecule has 0 aromatic carbocycles. The molecule has 0 rings (SSSR count). The molecule has 3 N–H and O–H groups in total. The smallest absolute Gasteiger partial charge is 0.309 e. The van der Waals surface area contributed by atoms with Gasteiger partial charge in [0.2, 0.25) is 0 Å². The molecular formula is C8H18ClNO3. The van der Waals surface area contributed by atoms with Crippen molar-refractivity contribution in [3.05, 3.63) is 0 Å². The lowest BCUT2D eigenvalue weighted by atomic mass is 9.86. The van der Waals surface area contributed by atoms with Gasteiger partial charge in [-0.05, 0) is 20.3 Å². The van der Waals surface area contributed by atoms with Gasteiger partial charge in [0, 0.05) is 13.2 Å². The molecule has 0 radical (unpaired) electrons. The summed E-state index contributed by atoms with van der Waals surface area (Å²) < 4.78 is 4.81. The maximum Gasteiger partial charge on any atom is 0.309 e. The second kappa shape index (κ2) is 6.18. The van der Waals surface area contributed by atoms with E-state index >= 15 is 0 Å². The van der Waals surface area contributed by atoms with Crippen LogP contribution in [0, 0.1) is 5.41 Å². The van der Waals surface area contributed by atoms with Crippen LogP contribution in [0.3, 0.4) is 0 Å². The van der Waals surface area contributed by atoms with Crippen molar-refractivity contribution in [2.24, 2.45) is 11.1 Å². The van der Waals surface area contributed by atoms with E-state index in [9.17, 15) is 4.79 Å². The lowest BCUT2D eigenvalue weighted by molar-refractivity contribution is -0.147. The van der Waals surface area contributed by atoms with Gasteiger partial charge < -0.3 is 15.6 Å². The van der Waals surface area contributed by atoms with Gasteiger partial charge in [0.25, 0.3) is 0 Å². The van der Waals surface area contributed by atoms with E-state index in [0.29, 0.717) is 13.0 Å². The van der Waals surface area contributed by atoms with E-state index in [-0.39, 0.29) is 18.4 Å². The van der Waals surface area contributed by atoms with Crippen LogP contribution < -0.4 is 5.73 Å². The van der Waals surface area contributed by atoms with Gasteiger partial charge in [0.05, 0.1) is 12.0 Å². The number of hydrogen-bond acceptors (Lipinski definition) is 3. The molecule has 0 aliphatic rings. The number of carboxylic acid groups (broad SMARTS) is 1. The van der Waals surface area contributed by atoms with Crippen LogP contribution in [0.25, 0.3) is 0 Å². The molecule has 0 aromatic rings. The van der Waals surface area contributed by atoms with Crippen molar-refractivity contribution >= 4 is 18.4 Å². The summed E-state index contributed by atoms with van der Waals surface area (Å²) in [5, 5.41) is 8.76. The number of aliphatic carboxylic acids is 1. The number of halogens is 1. The largest absolute Gasteiger partial charge is 0.481 e. The third kappa shape index (κ3) is 5.85. The van der Waals surface area contributed by atoms with E-state index in [1.807, 2.05) is 0 Å². The minimum Gasteiger partial charge on any atom is -0.481 e. The van der Waals surface area contributed by atoms with Gasteiger partial charge in [-0.1, -0.05) is 0 Å². The molecule has 0 amide bonds. The number of carboxylic acids is 1. The summed E-state index contributed by atoms with van der Waals surface area (Å²) in [5.41, 5.74) is 4.85. The van der Waals surface area contributed by atoms with Gasteiger partial charge in [-0.15, -0.1) is 12.4 Å². The minimum atomic E-state index is -0.825. The fourth-order valence-electron chi connectivity index (χ4n) is 1.02. The Morgan fingerprint density at radius 1 is 1.62 bits per heavy atom. The van der Waals surface area contributed by atoms with E-state index < -0.39 is 11.4 Å². The molecule has 4 nitrogen and oxygen atoms in total. The molecule has 0 aliphatic heterocycles. The first-order valence-corrected chi connectivity index (χ1v) is 3.88. The Bertz CT molecular complexity index is 161. The first-order chi connectivity index (χ1) is 5.40. The third-order valence-corrected chi connectivity index (χ3v) is 1.73. The Hall–Kier alpha value is -0.320. The van der Waals surface area contributed by atoms with Crippen LogP contribution in [-0.2, 0) is 9.53 Å². The van der Waals surface area contributed by atoms with E-state index in [1.165, 1.54) is 0 Å². The van der Waals surface area contributed by atoms with Gasteiger partial charge in [-0.2, -0.15) is 0 Å². The first-order valence-electron chi connectivity index (χ1n) is 3.88. The first kappa shape index (κ1) is 15.2. The number of methoxy groups -OCH3 is 1. The van der Waals surface area contributed by atoms with E-state index in [0.717, 1.165) is 0 Å². The number of hydrogen-bond donors (Lipinski definition) is 2. The van der Waals surface area contributed by atoms with Crippen molar-refractivity contribution in [1.82, 2.24) is 0 Å². The van der Waals surface area contributed by atoms with Crippen molar-refractivity contribution in [3.63, 3.8) is 0 Å². The van der Waals surface area contributed by atoms with Crippen LogP contribution in [0.1, 0.15) is 20.3 Å². The number of rotatable bonds is 5. The molecule has 0 aliphatic carbocycles. The SMILES string of the molecule is COC[C@@H](N)CC(C)(C)C(=O)O.Cl. The highest BCUT2D eigenvalue weighted by Gasteiger charge is 2.29. The molecule has 80 valence electrons. The Morgan fingerprint density at radius 3 is 2.38 bits per heavy atom. The number of ether oxygens (including phenoxy) is 1. The highest BCUT2D eigenvalue weighted by molar-refractivity contribution is 5.85. The molecule has 13 heavy (non-hydrogen) atoms. The van der Waals surface area contributed by atoms with Crippen molar-refractivity contribution in [2.75, 3.05) is 13.7 Å². The summed E-state index contributed by atoms with van der Waals surface area (Å²) in [4.78, 5) is 10.7. The van der Waals surface area contributed by atoms with Gasteiger partial charge in [-0.3, -0.25) is 4.79 Å². The molecule has 0 saturated carbocycles. The summed E-state index contributed by atoms with van der Waals surface area (Å²) in [6.07, 6.45) is 0.427. The van der Waals surface area contributed by atoms with E-state index in [2.05, 4.69) is 0 Å². The molecule has 0 unspecified atom stereocenters. The normalized spacial score (nSPS) is 13.2. The second-order valence-electron chi connectivity index (χ2n) is 3.61. The Kier molecular flexibility index (Phi) is 7.21. The summed E-state index contributed by atoms with van der Waals surface area (Å²) in [7, 11) is 1.55. The zero-order valence-corrected chi connectivity index (χ0v) is 9.06. The molecule has 0 saturated heterocycles. The molecule has 0 heterocycles. The van der Waals surface area contributed by atoms with Gasteiger partial charge in [0.15, 0.2) is 0 Å². The van der Waals surface area contributed by atoms with Crippen molar-refractivity contribution in [1.29, 1.82) is 0 Å². The zero-order chi connectivity index (χ0) is 9.78. The van der Waals surface area contributed by atoms with Crippen molar-refractivity contribution in [2.45, 2.75) is 26.3 Å². The van der Waals surface area contributed by atoms with Crippen LogP contribution in [0.4, 0.5) is 0 Å². The molecule has 0 fully saturated rings. The predicted molar refractivity (Wildman–Crippen MR) is 53.1 cm³/mol. The molecular weight excluding hydrogens is 194 g/mol. The highest BCUT2D eigenvalue weighted by atomic mass is 35.5. The zero-order valence-electron chi connectivity index (χ0n) is 8.24. The predicted octanol–water partition coefficient (Wildman–Crippen LogP) is 0.883. The van der Waals surface area contributed by atoms with Crippen molar-refractivity contribution < 1.29 is 14.6 Å². The highest BCUT2D eigenvalue weighted by Crippen LogP contribution is 2.21. The fourth-order valence-corrected chi connectivity index (χ4v) is 1.02. The van der Waals surface area contributed by atoms with Gasteiger partial charge in [-0.25, -0.2) is 0 Å². The summed E-state index contributed by atoms with van der Waals surface area (Å²) in [6.45, 7) is 3.71. The van der Waals surface area contributed by atoms with E-state index in [1.54, 1.807) is 21.0 Å². The third-order valence-electron chi connectivity index (χ3n) is 1.73. The average molecular weight is 212 g/mol. The molecule has 0 spiro atoms. The molecule has 0 aromatic heterocycles. The Balaban J connectivity index is 0. The van der Waals surface area contributed by atoms with E-state index in [4.69, 9.17) is 15.6 Å². The second-order valence-corrected chi connectivity index (χ2v) is 3.61. The number of nitrogens with two attached hydrogens (primary N) is 1. The quantitative estimate of drug-likeness (QED) is 0.708. The van der Waals surface area contributed by atoms with Crippen LogP contribution >= 0.6 is 12.4 Å². The molecule has 0 bridgehead atoms. The van der Waals surface area contributed by atoms with Crippen molar-refractivity contribution in [3.8, 4) is 0 Å². The fraction of sp³-hybridized carbons (Fsp3) is 0.875. The maximum atomic E-state index is 10.7. The minimum absolute atomic E-state index is 0. The summed E-state index contributed by atoms with van der Waals surface area (Å²) in [5.74, 6) is -0.825. The van der Waals surface area contributed by atoms with Gasteiger partial charge >= 0.3 is 5.97 Å². The lowest BCUT2D eigenvalue weighted by Crippen LogP contribution is -2.35. The summed E-state index contributed by atoms with van der Waals surface area (Å²) in [6, 6.07) is -0.207. The maximum absolute atomic E-state index is 10.7. The summed E-state index contributed by atoms with van der Waals surface area (Å²) >= 11 is 0. The standard InChI is InChI=1S/C8H17NO3.ClH/c1-8(2,7(10)11)4-6(9)5-12-3;/h6H,4-5,9H2,1-3H3,(H,10,11);1H/t6-;/m0./s1. The lowest BCUT2D eigenvalue weighted by Gasteiger charge is -2.22. The Morgan fingerprint density at radius 2 is 2.08 bits per heavy atom. The van der Waals surface area contributed by atoms with Gasteiger partial charge in [0.1, 0.15) is 0 Å². The molecule has 1 atom stereocenters.